The molecule has 1 aromatic carbocycles. The van der Waals surface area contributed by atoms with E-state index in [1.54, 1.807) is 7.11 Å². The van der Waals surface area contributed by atoms with Gasteiger partial charge in [-0.1, -0.05) is 32.1 Å². The van der Waals surface area contributed by atoms with Crippen LogP contribution in [0.15, 0.2) is 18.2 Å². The van der Waals surface area contributed by atoms with Gasteiger partial charge in [-0.15, -0.1) is 0 Å². The molecule has 3 rings (SSSR count). The van der Waals surface area contributed by atoms with Gasteiger partial charge in [0.25, 0.3) is 0 Å². The summed E-state index contributed by atoms with van der Waals surface area (Å²) in [5.41, 5.74) is 7.42. The standard InChI is InChI=1S/C17H25NO2/c1-19-13-7-8-17-15(10-13)16(18)11-14(20-17)9-12-5-3-2-4-6-12/h7-8,10,12,14,16H,2-6,9,11,18H2,1H3/t14?,16-/m1/s1. The summed E-state index contributed by atoms with van der Waals surface area (Å²) in [4.78, 5) is 0. The summed E-state index contributed by atoms with van der Waals surface area (Å²) >= 11 is 0. The molecule has 1 saturated carbocycles. The van der Waals surface area contributed by atoms with E-state index in [0.29, 0.717) is 0 Å². The van der Waals surface area contributed by atoms with Crippen LogP contribution in [0.4, 0.5) is 0 Å². The summed E-state index contributed by atoms with van der Waals surface area (Å²) in [6.45, 7) is 0. The normalized spacial score (nSPS) is 26.7. The first kappa shape index (κ1) is 13.7. The summed E-state index contributed by atoms with van der Waals surface area (Å²) in [6, 6.07) is 6.04. The Balaban J connectivity index is 1.68. The molecule has 0 saturated heterocycles. The highest BCUT2D eigenvalue weighted by Crippen LogP contribution is 2.39. The van der Waals surface area contributed by atoms with Gasteiger partial charge >= 0.3 is 0 Å². The number of hydrogen-bond acceptors (Lipinski definition) is 3. The third-order valence-electron chi connectivity index (χ3n) is 4.75. The number of nitrogens with two attached hydrogens (primary N) is 1. The molecule has 2 N–H and O–H groups in total. The van der Waals surface area contributed by atoms with Gasteiger partial charge in [0.05, 0.1) is 7.11 Å². The van der Waals surface area contributed by atoms with Crippen LogP contribution in [-0.2, 0) is 0 Å². The lowest BCUT2D eigenvalue weighted by Gasteiger charge is -2.33. The molecule has 0 aromatic heterocycles. The fourth-order valence-electron chi connectivity index (χ4n) is 3.63. The first-order chi connectivity index (χ1) is 9.76. The lowest BCUT2D eigenvalue weighted by molar-refractivity contribution is 0.120. The maximum absolute atomic E-state index is 6.33. The second-order valence-electron chi connectivity index (χ2n) is 6.23. The predicted molar refractivity (Wildman–Crippen MR) is 80.1 cm³/mol. The molecule has 0 bridgehead atoms. The van der Waals surface area contributed by atoms with E-state index in [1.807, 2.05) is 18.2 Å². The minimum atomic E-state index is 0.0717. The van der Waals surface area contributed by atoms with Crippen molar-refractivity contribution in [3.05, 3.63) is 23.8 Å². The van der Waals surface area contributed by atoms with Crippen LogP contribution >= 0.6 is 0 Å². The van der Waals surface area contributed by atoms with Crippen molar-refractivity contribution in [2.24, 2.45) is 11.7 Å². The van der Waals surface area contributed by atoms with E-state index < -0.39 is 0 Å². The highest BCUT2D eigenvalue weighted by atomic mass is 16.5. The number of benzene rings is 1. The van der Waals surface area contributed by atoms with E-state index in [-0.39, 0.29) is 12.1 Å². The first-order valence-electron chi connectivity index (χ1n) is 7.86. The van der Waals surface area contributed by atoms with Gasteiger partial charge in [0, 0.05) is 18.0 Å². The van der Waals surface area contributed by atoms with Gasteiger partial charge in [0.2, 0.25) is 0 Å². The third kappa shape index (κ3) is 2.93. The van der Waals surface area contributed by atoms with Gasteiger partial charge < -0.3 is 15.2 Å². The maximum atomic E-state index is 6.33. The van der Waals surface area contributed by atoms with Crippen molar-refractivity contribution in [2.45, 2.75) is 57.1 Å². The molecule has 0 spiro atoms. The van der Waals surface area contributed by atoms with E-state index in [2.05, 4.69) is 0 Å². The Bertz CT molecular complexity index is 454. The molecule has 2 atom stereocenters. The molecule has 1 heterocycles. The Morgan fingerprint density at radius 1 is 1.25 bits per heavy atom. The summed E-state index contributed by atoms with van der Waals surface area (Å²) < 4.78 is 11.4. The highest BCUT2D eigenvalue weighted by Gasteiger charge is 2.28. The molecular weight excluding hydrogens is 250 g/mol. The van der Waals surface area contributed by atoms with Crippen LogP contribution in [0.25, 0.3) is 0 Å². The van der Waals surface area contributed by atoms with Crippen LogP contribution in [0.3, 0.4) is 0 Å². The summed E-state index contributed by atoms with van der Waals surface area (Å²) in [7, 11) is 1.68. The van der Waals surface area contributed by atoms with E-state index in [1.165, 1.54) is 38.5 Å². The molecule has 3 nitrogen and oxygen atoms in total. The van der Waals surface area contributed by atoms with Crippen LogP contribution in [0.1, 0.15) is 56.6 Å². The summed E-state index contributed by atoms with van der Waals surface area (Å²) in [5, 5.41) is 0. The molecule has 1 aromatic rings. The first-order valence-corrected chi connectivity index (χ1v) is 7.86. The molecule has 0 amide bonds. The fraction of sp³-hybridized carbons (Fsp3) is 0.647. The number of rotatable bonds is 3. The zero-order valence-electron chi connectivity index (χ0n) is 12.3. The molecule has 0 radical (unpaired) electrons. The largest absolute Gasteiger partial charge is 0.497 e. The van der Waals surface area contributed by atoms with Crippen molar-refractivity contribution in [1.82, 2.24) is 0 Å². The topological polar surface area (TPSA) is 44.5 Å². The Hall–Kier alpha value is -1.22. The van der Waals surface area contributed by atoms with Gasteiger partial charge in [-0.3, -0.25) is 0 Å². The van der Waals surface area contributed by atoms with E-state index in [4.69, 9.17) is 15.2 Å². The smallest absolute Gasteiger partial charge is 0.124 e. The second kappa shape index (κ2) is 6.04. The molecule has 3 heteroatoms. The van der Waals surface area contributed by atoms with Crippen molar-refractivity contribution in [3.8, 4) is 11.5 Å². The van der Waals surface area contributed by atoms with Crippen LogP contribution in [-0.4, -0.2) is 13.2 Å². The minimum absolute atomic E-state index is 0.0717. The molecule has 20 heavy (non-hydrogen) atoms. The number of fused-ring (bicyclic) bond motifs is 1. The lowest BCUT2D eigenvalue weighted by atomic mass is 9.83. The third-order valence-corrected chi connectivity index (χ3v) is 4.75. The van der Waals surface area contributed by atoms with Crippen LogP contribution in [0.5, 0.6) is 11.5 Å². The van der Waals surface area contributed by atoms with Gasteiger partial charge in [-0.25, -0.2) is 0 Å². The molecule has 110 valence electrons. The summed E-state index contributed by atoms with van der Waals surface area (Å²) in [5.74, 6) is 2.64. The zero-order chi connectivity index (χ0) is 13.9. The highest BCUT2D eigenvalue weighted by molar-refractivity contribution is 5.43. The average Bonchev–Trinajstić information content (AvgIpc) is 2.48. The van der Waals surface area contributed by atoms with Gasteiger partial charge in [-0.05, 0) is 30.5 Å². The Morgan fingerprint density at radius 2 is 2.05 bits per heavy atom. The van der Waals surface area contributed by atoms with Crippen molar-refractivity contribution >= 4 is 0 Å². The quantitative estimate of drug-likeness (QED) is 0.912. The molecular formula is C17H25NO2. The van der Waals surface area contributed by atoms with Crippen LogP contribution < -0.4 is 15.2 Å². The average molecular weight is 275 g/mol. The van der Waals surface area contributed by atoms with Gasteiger partial charge in [0.15, 0.2) is 0 Å². The van der Waals surface area contributed by atoms with Gasteiger partial charge in [0.1, 0.15) is 17.6 Å². The number of methoxy groups -OCH3 is 1. The van der Waals surface area contributed by atoms with Crippen molar-refractivity contribution < 1.29 is 9.47 Å². The second-order valence-corrected chi connectivity index (χ2v) is 6.23. The molecule has 2 aliphatic rings. The number of ether oxygens (including phenoxy) is 2. The number of hydrogen-bond donors (Lipinski definition) is 1. The molecule has 1 fully saturated rings. The summed E-state index contributed by atoms with van der Waals surface area (Å²) in [6.07, 6.45) is 9.29. The molecule has 1 aliphatic carbocycles. The SMILES string of the molecule is COc1ccc2c(c1)[C@H](N)CC(CC1CCCCC1)O2. The van der Waals surface area contributed by atoms with E-state index in [9.17, 15) is 0 Å². The predicted octanol–water partition coefficient (Wildman–Crippen LogP) is 3.82. The monoisotopic (exact) mass is 275 g/mol. The van der Waals surface area contributed by atoms with E-state index in [0.717, 1.165) is 29.4 Å². The van der Waals surface area contributed by atoms with E-state index >= 15 is 0 Å². The van der Waals surface area contributed by atoms with Crippen LogP contribution in [0, 0.1) is 5.92 Å². The Labute approximate surface area is 121 Å². The zero-order valence-corrected chi connectivity index (χ0v) is 12.3. The molecule has 1 aliphatic heterocycles. The van der Waals surface area contributed by atoms with Crippen molar-refractivity contribution in [3.63, 3.8) is 0 Å². The minimum Gasteiger partial charge on any atom is -0.497 e. The fourth-order valence-corrected chi connectivity index (χ4v) is 3.63. The van der Waals surface area contributed by atoms with Crippen molar-refractivity contribution in [2.75, 3.05) is 7.11 Å². The van der Waals surface area contributed by atoms with Crippen molar-refractivity contribution in [1.29, 1.82) is 0 Å². The lowest BCUT2D eigenvalue weighted by Crippen LogP contribution is -2.31. The molecule has 1 unspecified atom stereocenters. The Kier molecular flexibility index (Phi) is 4.16. The van der Waals surface area contributed by atoms with Crippen LogP contribution in [0.2, 0.25) is 0 Å². The maximum Gasteiger partial charge on any atom is 0.124 e. The Morgan fingerprint density at radius 3 is 2.80 bits per heavy atom. The van der Waals surface area contributed by atoms with Gasteiger partial charge in [-0.2, -0.15) is 0 Å².